The molecule has 142 valence electrons. The van der Waals surface area contributed by atoms with Crippen LogP contribution in [-0.2, 0) is 4.79 Å². The first-order chi connectivity index (χ1) is 13.1. The standard InChI is InChI=1S/C21H24N2O4/c1-3-26-17-11-9-16(10-12-17)23-14-15(13-20(23)24)22-21(25)18-7-5-6-8-19(18)27-4-2/h5-12,15H,3-4,13-14H2,1-2H3,(H,22,25)/t15-/m0/s1. The van der Waals surface area contributed by atoms with E-state index in [9.17, 15) is 9.59 Å². The first-order valence-electron chi connectivity index (χ1n) is 9.18. The second-order valence-electron chi connectivity index (χ2n) is 6.23. The first-order valence-corrected chi connectivity index (χ1v) is 9.18. The number of benzene rings is 2. The van der Waals surface area contributed by atoms with E-state index in [1.54, 1.807) is 23.1 Å². The average molecular weight is 368 g/mol. The van der Waals surface area contributed by atoms with Gasteiger partial charge in [0, 0.05) is 18.7 Å². The van der Waals surface area contributed by atoms with Crippen LogP contribution >= 0.6 is 0 Å². The summed E-state index contributed by atoms with van der Waals surface area (Å²) in [5, 5.41) is 2.95. The zero-order valence-corrected chi connectivity index (χ0v) is 15.6. The van der Waals surface area contributed by atoms with Gasteiger partial charge in [-0.1, -0.05) is 12.1 Å². The molecule has 1 aliphatic heterocycles. The van der Waals surface area contributed by atoms with Crippen LogP contribution < -0.4 is 19.7 Å². The van der Waals surface area contributed by atoms with E-state index in [0.717, 1.165) is 11.4 Å². The second-order valence-corrected chi connectivity index (χ2v) is 6.23. The van der Waals surface area contributed by atoms with E-state index in [4.69, 9.17) is 9.47 Å². The molecular weight excluding hydrogens is 344 g/mol. The third kappa shape index (κ3) is 4.39. The Balaban J connectivity index is 1.66. The highest BCUT2D eigenvalue weighted by Gasteiger charge is 2.32. The molecule has 3 rings (SSSR count). The molecule has 6 nitrogen and oxygen atoms in total. The van der Waals surface area contributed by atoms with Crippen molar-refractivity contribution < 1.29 is 19.1 Å². The number of rotatable bonds is 7. The average Bonchev–Trinajstić information content (AvgIpc) is 3.03. The van der Waals surface area contributed by atoms with Crippen LogP contribution in [0.2, 0.25) is 0 Å². The van der Waals surface area contributed by atoms with Gasteiger partial charge in [0.25, 0.3) is 5.91 Å². The monoisotopic (exact) mass is 368 g/mol. The number of para-hydroxylation sites is 1. The lowest BCUT2D eigenvalue weighted by Gasteiger charge is -2.18. The fraction of sp³-hybridized carbons (Fsp3) is 0.333. The van der Waals surface area contributed by atoms with Crippen molar-refractivity contribution in [3.8, 4) is 11.5 Å². The summed E-state index contributed by atoms with van der Waals surface area (Å²) in [5.74, 6) is 1.07. The summed E-state index contributed by atoms with van der Waals surface area (Å²) in [6.07, 6.45) is 0.274. The molecule has 0 aromatic heterocycles. The predicted molar refractivity (Wildman–Crippen MR) is 103 cm³/mol. The molecular formula is C21H24N2O4. The summed E-state index contributed by atoms with van der Waals surface area (Å²) in [5.41, 5.74) is 1.28. The van der Waals surface area contributed by atoms with E-state index in [0.29, 0.717) is 31.1 Å². The number of carbonyl (C=O) groups is 2. The van der Waals surface area contributed by atoms with Gasteiger partial charge in [-0.3, -0.25) is 9.59 Å². The van der Waals surface area contributed by atoms with E-state index in [1.807, 2.05) is 44.2 Å². The molecule has 2 amide bonds. The minimum Gasteiger partial charge on any atom is -0.494 e. The van der Waals surface area contributed by atoms with Crippen LogP contribution in [0.15, 0.2) is 48.5 Å². The normalized spacial score (nSPS) is 16.3. The maximum absolute atomic E-state index is 12.6. The van der Waals surface area contributed by atoms with Crippen molar-refractivity contribution >= 4 is 17.5 Å². The van der Waals surface area contributed by atoms with Crippen LogP contribution in [0.25, 0.3) is 0 Å². The molecule has 0 saturated carbocycles. The second kappa shape index (κ2) is 8.58. The van der Waals surface area contributed by atoms with Crippen molar-refractivity contribution in [3.05, 3.63) is 54.1 Å². The van der Waals surface area contributed by atoms with Crippen LogP contribution in [0.1, 0.15) is 30.6 Å². The van der Waals surface area contributed by atoms with E-state index < -0.39 is 0 Å². The van der Waals surface area contributed by atoms with Crippen molar-refractivity contribution in [3.63, 3.8) is 0 Å². The summed E-state index contributed by atoms with van der Waals surface area (Å²) in [4.78, 5) is 26.7. The Labute approximate surface area is 159 Å². The maximum atomic E-state index is 12.6. The summed E-state index contributed by atoms with van der Waals surface area (Å²) in [6, 6.07) is 14.3. The van der Waals surface area contributed by atoms with Crippen LogP contribution in [0.3, 0.4) is 0 Å². The summed E-state index contributed by atoms with van der Waals surface area (Å²) >= 11 is 0. The van der Waals surface area contributed by atoms with Crippen LogP contribution in [0, 0.1) is 0 Å². The van der Waals surface area contributed by atoms with Gasteiger partial charge in [-0.05, 0) is 50.2 Å². The quantitative estimate of drug-likeness (QED) is 0.816. The third-order valence-electron chi connectivity index (χ3n) is 4.35. The highest BCUT2D eigenvalue weighted by Crippen LogP contribution is 2.25. The number of hydrogen-bond acceptors (Lipinski definition) is 4. The number of hydrogen-bond donors (Lipinski definition) is 1. The Morgan fingerprint density at radius 2 is 1.78 bits per heavy atom. The number of anilines is 1. The molecule has 0 bridgehead atoms. The smallest absolute Gasteiger partial charge is 0.255 e. The van der Waals surface area contributed by atoms with E-state index >= 15 is 0 Å². The minimum absolute atomic E-state index is 0.0115. The van der Waals surface area contributed by atoms with Crippen molar-refractivity contribution in [2.24, 2.45) is 0 Å². The fourth-order valence-corrected chi connectivity index (χ4v) is 3.14. The van der Waals surface area contributed by atoms with Gasteiger partial charge in [0.15, 0.2) is 0 Å². The van der Waals surface area contributed by atoms with Gasteiger partial charge >= 0.3 is 0 Å². The Kier molecular flexibility index (Phi) is 5.96. The van der Waals surface area contributed by atoms with Crippen molar-refractivity contribution in [1.82, 2.24) is 5.32 Å². The largest absolute Gasteiger partial charge is 0.494 e. The molecule has 27 heavy (non-hydrogen) atoms. The molecule has 1 saturated heterocycles. The molecule has 0 aliphatic carbocycles. The van der Waals surface area contributed by atoms with E-state index in [-0.39, 0.29) is 24.3 Å². The fourth-order valence-electron chi connectivity index (χ4n) is 3.14. The lowest BCUT2D eigenvalue weighted by molar-refractivity contribution is -0.117. The molecule has 1 heterocycles. The SMILES string of the molecule is CCOc1ccc(N2C[C@@H](NC(=O)c3ccccc3OCC)CC2=O)cc1. The Bertz CT molecular complexity index is 804. The number of amides is 2. The highest BCUT2D eigenvalue weighted by atomic mass is 16.5. The summed E-state index contributed by atoms with van der Waals surface area (Å²) in [7, 11) is 0. The molecule has 1 atom stereocenters. The first kappa shape index (κ1) is 18.8. The van der Waals surface area contributed by atoms with Gasteiger partial charge in [-0.15, -0.1) is 0 Å². The molecule has 6 heteroatoms. The number of nitrogens with zero attached hydrogens (tertiary/aromatic N) is 1. The lowest BCUT2D eigenvalue weighted by atomic mass is 10.1. The molecule has 0 spiro atoms. The predicted octanol–water partition coefficient (Wildman–Crippen LogP) is 3.02. The zero-order valence-electron chi connectivity index (χ0n) is 15.6. The molecule has 0 radical (unpaired) electrons. The Morgan fingerprint density at radius 3 is 2.48 bits per heavy atom. The minimum atomic E-state index is -0.244. The van der Waals surface area contributed by atoms with Crippen LogP contribution in [-0.4, -0.2) is 37.6 Å². The lowest BCUT2D eigenvalue weighted by Crippen LogP contribution is -2.37. The zero-order chi connectivity index (χ0) is 19.2. The van der Waals surface area contributed by atoms with Gasteiger partial charge in [-0.25, -0.2) is 0 Å². The number of ether oxygens (including phenoxy) is 2. The molecule has 2 aromatic rings. The molecule has 1 aliphatic rings. The van der Waals surface area contributed by atoms with Gasteiger partial charge in [0.05, 0.1) is 24.8 Å². The number of carbonyl (C=O) groups excluding carboxylic acids is 2. The number of nitrogens with one attached hydrogen (secondary N) is 1. The van der Waals surface area contributed by atoms with Crippen molar-refractivity contribution in [1.29, 1.82) is 0 Å². The van der Waals surface area contributed by atoms with Gasteiger partial charge in [-0.2, -0.15) is 0 Å². The van der Waals surface area contributed by atoms with Gasteiger partial charge in [0.2, 0.25) is 5.91 Å². The van der Waals surface area contributed by atoms with Crippen LogP contribution in [0.5, 0.6) is 11.5 Å². The molecule has 1 N–H and O–H groups in total. The summed E-state index contributed by atoms with van der Waals surface area (Å²) < 4.78 is 10.9. The van der Waals surface area contributed by atoms with Gasteiger partial charge < -0.3 is 19.7 Å². The van der Waals surface area contributed by atoms with Crippen molar-refractivity contribution in [2.75, 3.05) is 24.7 Å². The third-order valence-corrected chi connectivity index (χ3v) is 4.35. The van der Waals surface area contributed by atoms with E-state index in [1.165, 1.54) is 0 Å². The van der Waals surface area contributed by atoms with E-state index in [2.05, 4.69) is 5.32 Å². The molecule has 0 unspecified atom stereocenters. The Morgan fingerprint density at radius 1 is 1.07 bits per heavy atom. The summed E-state index contributed by atoms with van der Waals surface area (Å²) in [6.45, 7) is 5.32. The Hall–Kier alpha value is -3.02. The molecule has 2 aromatic carbocycles. The maximum Gasteiger partial charge on any atom is 0.255 e. The highest BCUT2D eigenvalue weighted by molar-refractivity contribution is 6.00. The van der Waals surface area contributed by atoms with Crippen molar-refractivity contribution in [2.45, 2.75) is 26.3 Å². The topological polar surface area (TPSA) is 67.9 Å². The molecule has 1 fully saturated rings. The van der Waals surface area contributed by atoms with Crippen LogP contribution in [0.4, 0.5) is 5.69 Å². The van der Waals surface area contributed by atoms with Gasteiger partial charge in [0.1, 0.15) is 11.5 Å².